The second-order valence-corrected chi connectivity index (χ2v) is 5.27. The first-order valence-electron chi connectivity index (χ1n) is 6.26. The van der Waals surface area contributed by atoms with Crippen molar-refractivity contribution in [1.29, 1.82) is 0 Å². The van der Waals surface area contributed by atoms with E-state index in [9.17, 15) is 4.79 Å². The molecule has 1 N–H and O–H groups in total. The third kappa shape index (κ3) is 2.98. The Morgan fingerprint density at radius 1 is 1.35 bits per heavy atom. The van der Waals surface area contributed by atoms with E-state index in [2.05, 4.69) is 15.2 Å². The van der Waals surface area contributed by atoms with E-state index in [4.69, 9.17) is 5.11 Å². The number of thioether (sulfide) groups is 1. The molecule has 0 unspecified atom stereocenters. The van der Waals surface area contributed by atoms with Crippen molar-refractivity contribution in [1.82, 2.24) is 19.7 Å². The minimum absolute atomic E-state index is 0.0415. The van der Waals surface area contributed by atoms with E-state index < -0.39 is 5.97 Å². The summed E-state index contributed by atoms with van der Waals surface area (Å²) in [5.41, 5.74) is 2.71. The molecule has 0 radical (unpaired) electrons. The van der Waals surface area contributed by atoms with Crippen LogP contribution >= 0.6 is 11.8 Å². The number of carboxylic acids is 1. The molecular weight excluding hydrogens is 276 g/mol. The van der Waals surface area contributed by atoms with E-state index in [1.165, 1.54) is 0 Å². The summed E-state index contributed by atoms with van der Waals surface area (Å²) < 4.78 is 1.88. The van der Waals surface area contributed by atoms with Gasteiger partial charge in [-0.25, -0.2) is 0 Å². The van der Waals surface area contributed by atoms with Gasteiger partial charge in [0, 0.05) is 12.1 Å². The Kier molecular flexibility index (Phi) is 4.39. The summed E-state index contributed by atoms with van der Waals surface area (Å²) in [6.07, 6.45) is 0.716. The average Bonchev–Trinajstić information content (AvgIpc) is 2.79. The summed E-state index contributed by atoms with van der Waals surface area (Å²) in [4.78, 5) is 15.2. The normalized spacial score (nSPS) is 10.8. The first-order chi connectivity index (χ1) is 9.52. The van der Waals surface area contributed by atoms with E-state index in [1.54, 1.807) is 0 Å². The molecule has 0 amide bonds. The Bertz CT molecular complexity index is 639. The van der Waals surface area contributed by atoms with E-state index in [1.807, 2.05) is 37.5 Å². The fourth-order valence-electron chi connectivity index (χ4n) is 1.91. The SMILES string of the molecule is CCc1nnc(SCC(=O)O)n1-c1ccc(C)nc1C. The van der Waals surface area contributed by atoms with Crippen LogP contribution in [0.3, 0.4) is 0 Å². The van der Waals surface area contributed by atoms with Gasteiger partial charge in [-0.05, 0) is 26.0 Å². The van der Waals surface area contributed by atoms with Crippen molar-refractivity contribution in [3.05, 3.63) is 29.3 Å². The van der Waals surface area contributed by atoms with Crippen LogP contribution in [0.4, 0.5) is 0 Å². The number of aryl methyl sites for hydroxylation is 3. The lowest BCUT2D eigenvalue weighted by molar-refractivity contribution is -0.133. The van der Waals surface area contributed by atoms with Gasteiger partial charge in [0.2, 0.25) is 0 Å². The maximum absolute atomic E-state index is 10.7. The molecular formula is C13H16N4O2S. The molecule has 2 rings (SSSR count). The monoisotopic (exact) mass is 292 g/mol. The Morgan fingerprint density at radius 2 is 2.10 bits per heavy atom. The molecule has 0 aromatic carbocycles. The van der Waals surface area contributed by atoms with Crippen molar-refractivity contribution < 1.29 is 9.90 Å². The highest BCUT2D eigenvalue weighted by Gasteiger charge is 2.16. The average molecular weight is 292 g/mol. The molecule has 0 bridgehead atoms. The first-order valence-corrected chi connectivity index (χ1v) is 7.25. The highest BCUT2D eigenvalue weighted by molar-refractivity contribution is 7.99. The fourth-order valence-corrected chi connectivity index (χ4v) is 2.59. The molecule has 0 saturated carbocycles. The van der Waals surface area contributed by atoms with Crippen LogP contribution in [0.5, 0.6) is 0 Å². The van der Waals surface area contributed by atoms with Gasteiger partial charge in [0.05, 0.1) is 17.1 Å². The topological polar surface area (TPSA) is 80.9 Å². The highest BCUT2D eigenvalue weighted by atomic mass is 32.2. The molecule has 2 aromatic rings. The van der Waals surface area contributed by atoms with Crippen molar-refractivity contribution in [3.63, 3.8) is 0 Å². The van der Waals surface area contributed by atoms with Gasteiger partial charge in [-0.2, -0.15) is 0 Å². The molecule has 2 heterocycles. The molecule has 0 saturated heterocycles. The number of aromatic nitrogens is 4. The minimum atomic E-state index is -0.874. The van der Waals surface area contributed by atoms with E-state index >= 15 is 0 Å². The van der Waals surface area contributed by atoms with Crippen LogP contribution in [0.15, 0.2) is 17.3 Å². The fraction of sp³-hybridized carbons (Fsp3) is 0.385. The number of hydrogen-bond donors (Lipinski definition) is 1. The van der Waals surface area contributed by atoms with Gasteiger partial charge in [0.25, 0.3) is 0 Å². The maximum atomic E-state index is 10.7. The summed E-state index contributed by atoms with van der Waals surface area (Å²) in [5, 5.41) is 17.6. The Balaban J connectivity index is 2.47. The lowest BCUT2D eigenvalue weighted by atomic mass is 10.2. The van der Waals surface area contributed by atoms with Crippen LogP contribution in [-0.4, -0.2) is 36.6 Å². The zero-order valence-electron chi connectivity index (χ0n) is 11.6. The molecule has 20 heavy (non-hydrogen) atoms. The van der Waals surface area contributed by atoms with Crippen molar-refractivity contribution in [2.24, 2.45) is 0 Å². The number of carbonyl (C=O) groups is 1. The van der Waals surface area contributed by atoms with Crippen LogP contribution in [0.25, 0.3) is 5.69 Å². The molecule has 7 heteroatoms. The lowest BCUT2D eigenvalue weighted by Gasteiger charge is -2.11. The van der Waals surface area contributed by atoms with Crippen LogP contribution in [0.1, 0.15) is 24.1 Å². The smallest absolute Gasteiger partial charge is 0.313 e. The molecule has 0 atom stereocenters. The number of aliphatic carboxylic acids is 1. The zero-order chi connectivity index (χ0) is 14.7. The molecule has 6 nitrogen and oxygen atoms in total. The van der Waals surface area contributed by atoms with Gasteiger partial charge in [0.15, 0.2) is 5.16 Å². The van der Waals surface area contributed by atoms with Crippen molar-refractivity contribution in [3.8, 4) is 5.69 Å². The minimum Gasteiger partial charge on any atom is -0.481 e. The predicted octanol–water partition coefficient (Wildman–Crippen LogP) is 2.02. The second kappa shape index (κ2) is 6.04. The number of carboxylic acid groups (broad SMARTS) is 1. The summed E-state index contributed by atoms with van der Waals surface area (Å²) in [5.74, 6) is -0.117. The molecule has 0 aliphatic carbocycles. The highest BCUT2D eigenvalue weighted by Crippen LogP contribution is 2.23. The molecule has 0 fully saturated rings. The van der Waals surface area contributed by atoms with E-state index in [0.717, 1.165) is 34.7 Å². The third-order valence-electron chi connectivity index (χ3n) is 2.78. The van der Waals surface area contributed by atoms with Gasteiger partial charge in [0.1, 0.15) is 5.82 Å². The summed E-state index contributed by atoms with van der Waals surface area (Å²) in [6.45, 7) is 5.85. The zero-order valence-corrected chi connectivity index (χ0v) is 12.4. The number of pyridine rings is 1. The van der Waals surface area contributed by atoms with Gasteiger partial charge in [-0.1, -0.05) is 18.7 Å². The van der Waals surface area contributed by atoms with Gasteiger partial charge >= 0.3 is 5.97 Å². The molecule has 0 aliphatic heterocycles. The predicted molar refractivity (Wildman–Crippen MR) is 76.4 cm³/mol. The molecule has 2 aromatic heterocycles. The summed E-state index contributed by atoms with van der Waals surface area (Å²) in [7, 11) is 0. The van der Waals surface area contributed by atoms with Crippen molar-refractivity contribution >= 4 is 17.7 Å². The second-order valence-electron chi connectivity index (χ2n) is 4.33. The summed E-state index contributed by atoms with van der Waals surface area (Å²) in [6, 6.07) is 3.89. The van der Waals surface area contributed by atoms with Gasteiger partial charge in [-0.15, -0.1) is 10.2 Å². The Labute approximate surface area is 121 Å². The van der Waals surface area contributed by atoms with E-state index in [-0.39, 0.29) is 5.75 Å². The van der Waals surface area contributed by atoms with Crippen LogP contribution in [0.2, 0.25) is 0 Å². The summed E-state index contributed by atoms with van der Waals surface area (Å²) >= 11 is 1.16. The number of hydrogen-bond acceptors (Lipinski definition) is 5. The van der Waals surface area contributed by atoms with E-state index in [0.29, 0.717) is 11.6 Å². The lowest BCUT2D eigenvalue weighted by Crippen LogP contribution is -2.07. The Hall–Kier alpha value is -1.89. The van der Waals surface area contributed by atoms with Crippen molar-refractivity contribution in [2.75, 3.05) is 5.75 Å². The quantitative estimate of drug-likeness (QED) is 0.849. The largest absolute Gasteiger partial charge is 0.481 e. The number of rotatable bonds is 5. The van der Waals surface area contributed by atoms with Crippen LogP contribution < -0.4 is 0 Å². The Morgan fingerprint density at radius 3 is 2.70 bits per heavy atom. The van der Waals surface area contributed by atoms with Crippen LogP contribution in [-0.2, 0) is 11.2 Å². The van der Waals surface area contributed by atoms with Gasteiger partial charge in [-0.3, -0.25) is 14.3 Å². The number of nitrogens with zero attached hydrogens (tertiary/aromatic N) is 4. The van der Waals surface area contributed by atoms with Gasteiger partial charge < -0.3 is 5.11 Å². The van der Waals surface area contributed by atoms with Crippen LogP contribution in [0, 0.1) is 13.8 Å². The first kappa shape index (κ1) is 14.5. The molecule has 0 spiro atoms. The maximum Gasteiger partial charge on any atom is 0.313 e. The van der Waals surface area contributed by atoms with Crippen molar-refractivity contribution in [2.45, 2.75) is 32.3 Å². The molecule has 106 valence electrons. The standard InChI is InChI=1S/C13H16N4O2S/c1-4-11-15-16-13(20-7-12(18)19)17(11)10-6-5-8(2)14-9(10)3/h5-6H,4,7H2,1-3H3,(H,18,19). The third-order valence-corrected chi connectivity index (χ3v) is 3.69. The molecule has 0 aliphatic rings.